The van der Waals surface area contributed by atoms with Gasteiger partial charge in [-0.1, -0.05) is 67.3 Å². The highest BCUT2D eigenvalue weighted by molar-refractivity contribution is 7.89. The average Bonchev–Trinajstić information content (AvgIpc) is 3.75. The summed E-state index contributed by atoms with van der Waals surface area (Å²) in [6, 6.07) is 15.6. The molecule has 6 rings (SSSR count). The fourth-order valence-electron chi connectivity index (χ4n) is 6.77. The van der Waals surface area contributed by atoms with Crippen molar-refractivity contribution in [2.45, 2.75) is 67.6 Å². The Bertz CT molecular complexity index is 1790. The number of nitrogens with zero attached hydrogens (tertiary/aromatic N) is 1. The molecule has 2 aliphatic heterocycles. The number of carbonyl (C=O) groups is 2. The molecule has 3 aromatic carbocycles. The highest BCUT2D eigenvalue weighted by Gasteiger charge is 2.52. The summed E-state index contributed by atoms with van der Waals surface area (Å²) in [5.41, 5.74) is 0.999. The number of carbonyl (C=O) groups excluding carboxylic acids is 1. The van der Waals surface area contributed by atoms with Crippen molar-refractivity contribution in [3.8, 4) is 16.9 Å². The van der Waals surface area contributed by atoms with Crippen LogP contribution in [0.5, 0.6) is 5.75 Å². The van der Waals surface area contributed by atoms with Crippen LogP contribution in [-0.4, -0.2) is 74.8 Å². The molecular formula is C36H39ClF5N3O6S. The van der Waals surface area contributed by atoms with E-state index in [2.05, 4.69) is 10.0 Å². The van der Waals surface area contributed by atoms with Crippen molar-refractivity contribution in [3.05, 3.63) is 83.4 Å². The highest BCUT2D eigenvalue weighted by atomic mass is 35.5. The zero-order valence-corrected chi connectivity index (χ0v) is 29.5. The number of hydrogen-bond acceptors (Lipinski definition) is 6. The number of hydrogen-bond donors (Lipinski definition) is 3. The van der Waals surface area contributed by atoms with E-state index in [-0.39, 0.29) is 16.9 Å². The number of amides is 1. The Kier molecular flexibility index (Phi) is 12.5. The third-order valence-corrected chi connectivity index (χ3v) is 11.3. The minimum absolute atomic E-state index is 0.152. The number of fused-ring (bicyclic) bond motifs is 1. The quantitative estimate of drug-likeness (QED) is 0.193. The van der Waals surface area contributed by atoms with E-state index in [1.165, 1.54) is 72.7 Å². The molecule has 2 saturated heterocycles. The summed E-state index contributed by atoms with van der Waals surface area (Å²) in [6.07, 6.45) is 1.42. The third-order valence-electron chi connectivity index (χ3n) is 9.65. The Hall–Kier alpha value is -3.79. The number of likely N-dealkylation sites (tertiary alicyclic amines) is 1. The number of rotatable bonds is 10. The molecule has 0 radical (unpaired) electrons. The smallest absolute Gasteiger partial charge is 0.490 e. The van der Waals surface area contributed by atoms with Gasteiger partial charge in [-0.2, -0.15) is 26.7 Å². The zero-order chi connectivity index (χ0) is 37.7. The molecule has 1 unspecified atom stereocenters. The van der Waals surface area contributed by atoms with E-state index in [9.17, 15) is 26.4 Å². The lowest BCUT2D eigenvalue weighted by Gasteiger charge is -2.33. The molecular weight excluding hydrogens is 733 g/mol. The summed E-state index contributed by atoms with van der Waals surface area (Å²) < 4.78 is 99.7. The molecule has 1 saturated carbocycles. The number of carboxylic acid groups (broad SMARTS) is 1. The Labute approximate surface area is 303 Å². The minimum Gasteiger partial charge on any atom is -0.493 e. The van der Waals surface area contributed by atoms with Gasteiger partial charge < -0.3 is 20.1 Å². The van der Waals surface area contributed by atoms with Crippen molar-refractivity contribution in [2.24, 2.45) is 11.8 Å². The molecule has 0 aromatic heterocycles. The number of nitrogens with one attached hydrogen (secondary N) is 2. The second kappa shape index (κ2) is 16.5. The van der Waals surface area contributed by atoms with Gasteiger partial charge in [0, 0.05) is 36.3 Å². The van der Waals surface area contributed by atoms with Crippen molar-refractivity contribution in [3.63, 3.8) is 0 Å². The standard InChI is InChI=1S/C34H38ClF2N3O4S.C2HF3O2/c35-28-12-8-25(9-13-28)24-6-10-27(11-7-24)34(36,37)32(33(41)40-19-18-26-20-38-21-31(26)40)39-45(42,43)30-16-14-29(15-17-30)44-22-23-4-2-1-3-5-23;3-2(4,5)1(6)7/h6-17,23,26,31-32,38-39H,1-5,18-22H2;(H,6,7)/t26-,31+,32?;/m1./s1. The molecule has 52 heavy (non-hydrogen) atoms. The van der Waals surface area contributed by atoms with E-state index in [4.69, 9.17) is 26.2 Å². The molecule has 9 nitrogen and oxygen atoms in total. The second-order valence-corrected chi connectivity index (χ2v) is 15.3. The molecule has 3 N–H and O–H groups in total. The predicted octanol–water partition coefficient (Wildman–Crippen LogP) is 6.86. The van der Waals surface area contributed by atoms with Crippen LogP contribution in [0.15, 0.2) is 77.7 Å². The minimum atomic E-state index is -5.08. The van der Waals surface area contributed by atoms with Gasteiger partial charge in [-0.05, 0) is 78.6 Å². The lowest BCUT2D eigenvalue weighted by molar-refractivity contribution is -0.192. The maximum absolute atomic E-state index is 16.4. The summed E-state index contributed by atoms with van der Waals surface area (Å²) in [7, 11) is -4.52. The van der Waals surface area contributed by atoms with Gasteiger partial charge >= 0.3 is 12.1 Å². The molecule has 0 spiro atoms. The number of halogens is 6. The van der Waals surface area contributed by atoms with E-state index in [1.54, 1.807) is 24.3 Å². The van der Waals surface area contributed by atoms with Crippen LogP contribution in [0.1, 0.15) is 44.1 Å². The molecule has 282 valence electrons. The Morgan fingerprint density at radius 2 is 1.46 bits per heavy atom. The number of alkyl halides is 5. The van der Waals surface area contributed by atoms with Crippen LogP contribution in [0.2, 0.25) is 5.02 Å². The number of benzene rings is 3. The van der Waals surface area contributed by atoms with Gasteiger partial charge in [-0.15, -0.1) is 0 Å². The number of ether oxygens (including phenoxy) is 1. The first-order chi connectivity index (χ1) is 24.6. The van der Waals surface area contributed by atoms with E-state index in [0.29, 0.717) is 54.9 Å². The second-order valence-electron chi connectivity index (χ2n) is 13.2. The first kappa shape index (κ1) is 39.4. The Balaban J connectivity index is 0.000000679. The number of carboxylic acids is 1. The van der Waals surface area contributed by atoms with Crippen LogP contribution in [-0.2, 0) is 25.5 Å². The van der Waals surface area contributed by atoms with Crippen LogP contribution in [0, 0.1) is 11.8 Å². The monoisotopic (exact) mass is 771 g/mol. The van der Waals surface area contributed by atoms with Crippen LogP contribution in [0.4, 0.5) is 22.0 Å². The van der Waals surface area contributed by atoms with Gasteiger partial charge in [0.1, 0.15) is 5.75 Å². The van der Waals surface area contributed by atoms with Crippen LogP contribution in [0.25, 0.3) is 11.1 Å². The van der Waals surface area contributed by atoms with E-state index in [0.717, 1.165) is 18.4 Å². The first-order valence-corrected chi connectivity index (χ1v) is 18.7. The summed E-state index contributed by atoms with van der Waals surface area (Å²) >= 11 is 5.98. The largest absolute Gasteiger partial charge is 0.493 e. The Morgan fingerprint density at radius 3 is 2.04 bits per heavy atom. The molecule has 3 aromatic rings. The maximum Gasteiger partial charge on any atom is 0.490 e. The maximum atomic E-state index is 16.4. The van der Waals surface area contributed by atoms with Crippen LogP contribution >= 0.6 is 11.6 Å². The van der Waals surface area contributed by atoms with Crippen molar-refractivity contribution >= 4 is 33.5 Å². The van der Waals surface area contributed by atoms with Crippen molar-refractivity contribution in [1.82, 2.24) is 14.9 Å². The summed E-state index contributed by atoms with van der Waals surface area (Å²) in [4.78, 5) is 24.0. The SMILES string of the molecule is O=C(C(NS(=O)(=O)c1ccc(OCC2CCCCC2)cc1)C(F)(F)c1ccc(-c2ccc(Cl)cc2)cc1)N1CC[C@@H]2CNC[C@@H]21.O=C(O)C(F)(F)F. The van der Waals surface area contributed by atoms with Gasteiger partial charge in [-0.3, -0.25) is 4.79 Å². The van der Waals surface area contributed by atoms with Gasteiger partial charge in [0.15, 0.2) is 6.04 Å². The van der Waals surface area contributed by atoms with Crippen molar-refractivity contribution < 1.29 is 49.8 Å². The summed E-state index contributed by atoms with van der Waals surface area (Å²) in [6.45, 7) is 2.03. The average molecular weight is 772 g/mol. The van der Waals surface area contributed by atoms with Crippen LogP contribution in [0.3, 0.4) is 0 Å². The van der Waals surface area contributed by atoms with Gasteiger partial charge in [0.25, 0.3) is 5.92 Å². The topological polar surface area (TPSA) is 125 Å². The molecule has 3 fully saturated rings. The Morgan fingerprint density at radius 1 is 0.885 bits per heavy atom. The lowest BCUT2D eigenvalue weighted by atomic mass is 9.90. The fraction of sp³-hybridized carbons (Fsp3) is 0.444. The fourth-order valence-corrected chi connectivity index (χ4v) is 8.08. The normalized spacial score (nSPS) is 20.1. The van der Waals surface area contributed by atoms with E-state index >= 15 is 8.78 Å². The molecule has 1 amide bonds. The van der Waals surface area contributed by atoms with Crippen LogP contribution < -0.4 is 14.8 Å². The van der Waals surface area contributed by atoms with Gasteiger partial charge in [0.05, 0.1) is 11.5 Å². The van der Waals surface area contributed by atoms with E-state index in [1.807, 2.05) is 0 Å². The highest BCUT2D eigenvalue weighted by Crippen LogP contribution is 2.37. The van der Waals surface area contributed by atoms with Crippen molar-refractivity contribution in [2.75, 3.05) is 26.2 Å². The molecule has 3 aliphatic rings. The van der Waals surface area contributed by atoms with Crippen molar-refractivity contribution in [1.29, 1.82) is 0 Å². The van der Waals surface area contributed by atoms with E-state index < -0.39 is 45.6 Å². The number of sulfonamides is 1. The lowest BCUT2D eigenvalue weighted by Crippen LogP contribution is -2.57. The third kappa shape index (κ3) is 9.60. The van der Waals surface area contributed by atoms with Gasteiger partial charge in [-0.25, -0.2) is 13.2 Å². The molecule has 0 bridgehead atoms. The molecule has 16 heteroatoms. The zero-order valence-electron chi connectivity index (χ0n) is 27.9. The van der Waals surface area contributed by atoms with Gasteiger partial charge in [0.2, 0.25) is 15.9 Å². The predicted molar refractivity (Wildman–Crippen MR) is 184 cm³/mol. The molecule has 2 heterocycles. The summed E-state index contributed by atoms with van der Waals surface area (Å²) in [5.74, 6) is -6.41. The molecule has 3 atom stereocenters. The number of aliphatic carboxylic acids is 1. The molecule has 1 aliphatic carbocycles. The first-order valence-electron chi connectivity index (χ1n) is 16.9. The summed E-state index contributed by atoms with van der Waals surface area (Å²) in [5, 5.41) is 10.9.